The zero-order valence-corrected chi connectivity index (χ0v) is 30.6. The Balaban J connectivity index is 1.54. The summed E-state index contributed by atoms with van der Waals surface area (Å²) in [6.07, 6.45) is 0. The van der Waals surface area contributed by atoms with Crippen LogP contribution in [0.2, 0.25) is 0 Å². The zero-order chi connectivity index (χ0) is 35.7. The van der Waals surface area contributed by atoms with Crippen molar-refractivity contribution in [3.05, 3.63) is 148 Å². The first-order chi connectivity index (χ1) is 25.5. The second kappa shape index (κ2) is 14.0. The molecule has 7 aromatic rings. The molecule has 52 heavy (non-hydrogen) atoms. The smallest absolute Gasteiger partial charge is 0.271 e. The van der Waals surface area contributed by atoms with Crippen LogP contribution in [0.3, 0.4) is 0 Å². The monoisotopic (exact) mass is 722 g/mol. The van der Waals surface area contributed by atoms with E-state index in [2.05, 4.69) is 39.6 Å². The minimum absolute atomic E-state index is 0.714. The van der Waals surface area contributed by atoms with E-state index < -0.39 is 5.79 Å². The largest absolute Gasteiger partial charge is 0.497 e. The summed E-state index contributed by atoms with van der Waals surface area (Å²) in [5.74, 6) is 2.30. The van der Waals surface area contributed by atoms with E-state index >= 15 is 0 Å². The Morgan fingerprint density at radius 1 is 0.519 bits per heavy atom. The van der Waals surface area contributed by atoms with Gasteiger partial charge >= 0.3 is 0 Å². The molecule has 0 atom stereocenters. The lowest BCUT2D eigenvalue weighted by molar-refractivity contribution is 0.412. The highest BCUT2D eigenvalue weighted by molar-refractivity contribution is 7.13. The number of benzene rings is 4. The lowest BCUT2D eigenvalue weighted by Crippen LogP contribution is -2.30. The van der Waals surface area contributed by atoms with E-state index in [1.807, 2.05) is 97.1 Å². The van der Waals surface area contributed by atoms with E-state index in [1.54, 1.807) is 51.1 Å². The standard InChI is InChI=1S/C42H34N4O4S2/c1-47-31-15-5-11-27(23-31)37-38(28-12-6-16-32(24-28)48-2)45-42(44-37,36-20-10-22-52-36)46-40(30-14-8-18-34(26-30)50-4)39(29-13-7-17-33(25-29)49-3)43-41(46)35-19-9-21-51-35/h5-26H,1-4H3. The molecule has 0 saturated heterocycles. The number of methoxy groups -OCH3 is 4. The van der Waals surface area contributed by atoms with Crippen LogP contribution in [0.4, 0.5) is 0 Å². The van der Waals surface area contributed by atoms with Crippen LogP contribution >= 0.6 is 22.7 Å². The van der Waals surface area contributed by atoms with Gasteiger partial charge < -0.3 is 18.9 Å². The van der Waals surface area contributed by atoms with Crippen molar-refractivity contribution >= 4 is 34.1 Å². The van der Waals surface area contributed by atoms with Gasteiger partial charge in [-0.1, -0.05) is 60.7 Å². The Hall–Kier alpha value is -5.97. The Morgan fingerprint density at radius 3 is 1.50 bits per heavy atom. The van der Waals surface area contributed by atoms with E-state index in [9.17, 15) is 0 Å². The highest BCUT2D eigenvalue weighted by Gasteiger charge is 2.46. The van der Waals surface area contributed by atoms with Crippen LogP contribution in [0, 0.1) is 0 Å². The molecule has 258 valence electrons. The highest BCUT2D eigenvalue weighted by atomic mass is 32.1. The summed E-state index contributed by atoms with van der Waals surface area (Å²) in [7, 11) is 6.69. The van der Waals surface area contributed by atoms with Gasteiger partial charge in [-0.05, 0) is 71.4 Å². The molecule has 8 rings (SSSR count). The van der Waals surface area contributed by atoms with Gasteiger partial charge in [-0.15, -0.1) is 22.7 Å². The first-order valence-electron chi connectivity index (χ1n) is 16.5. The van der Waals surface area contributed by atoms with Crippen LogP contribution in [0.1, 0.15) is 16.0 Å². The molecule has 1 aliphatic rings. The van der Waals surface area contributed by atoms with Crippen molar-refractivity contribution in [2.45, 2.75) is 5.79 Å². The summed E-state index contributed by atoms with van der Waals surface area (Å²) < 4.78 is 25.0. The van der Waals surface area contributed by atoms with Crippen LogP contribution in [0.25, 0.3) is 33.2 Å². The van der Waals surface area contributed by atoms with E-state index in [0.717, 1.165) is 72.2 Å². The van der Waals surface area contributed by atoms with Crippen molar-refractivity contribution in [2.24, 2.45) is 9.98 Å². The Morgan fingerprint density at radius 2 is 1.00 bits per heavy atom. The maximum Gasteiger partial charge on any atom is 0.271 e. The number of nitrogens with zero attached hydrogens (tertiary/aromatic N) is 4. The second-order valence-corrected chi connectivity index (χ2v) is 13.8. The first-order valence-corrected chi connectivity index (χ1v) is 18.3. The first kappa shape index (κ1) is 33.2. The van der Waals surface area contributed by atoms with Gasteiger partial charge in [0.15, 0.2) is 5.82 Å². The SMILES string of the molecule is COc1cccc(C2=NC(c3cccs3)(n3c(-c4cccs4)nc(-c4cccc(OC)c4)c3-c3cccc(OC)c3)N=C2c2cccc(OC)c2)c1. The number of hydrogen-bond acceptors (Lipinski definition) is 9. The van der Waals surface area contributed by atoms with E-state index in [-0.39, 0.29) is 0 Å². The molecule has 0 N–H and O–H groups in total. The molecule has 10 heteroatoms. The quantitative estimate of drug-likeness (QED) is 0.133. The van der Waals surface area contributed by atoms with Gasteiger partial charge in [-0.3, -0.25) is 4.57 Å². The van der Waals surface area contributed by atoms with Crippen molar-refractivity contribution in [3.63, 3.8) is 0 Å². The molecule has 4 heterocycles. The molecule has 0 unspecified atom stereocenters. The van der Waals surface area contributed by atoms with Gasteiger partial charge in [0.25, 0.3) is 5.79 Å². The predicted molar refractivity (Wildman–Crippen MR) is 210 cm³/mol. The predicted octanol–water partition coefficient (Wildman–Crippen LogP) is 9.69. The third-order valence-corrected chi connectivity index (χ3v) is 10.7. The fourth-order valence-electron chi connectivity index (χ4n) is 6.48. The number of ether oxygens (including phenoxy) is 4. The Bertz CT molecular complexity index is 2370. The summed E-state index contributed by atoms with van der Waals surface area (Å²) in [6, 6.07) is 40.2. The van der Waals surface area contributed by atoms with Crippen molar-refractivity contribution in [3.8, 4) is 56.2 Å². The number of aromatic nitrogens is 2. The molecule has 0 saturated carbocycles. The lowest BCUT2D eigenvalue weighted by atomic mass is 10.00. The van der Waals surface area contributed by atoms with Crippen LogP contribution in [-0.2, 0) is 5.79 Å². The van der Waals surface area contributed by atoms with Crippen LogP contribution < -0.4 is 18.9 Å². The fraction of sp³-hybridized carbons (Fsp3) is 0.119. The topological polar surface area (TPSA) is 79.5 Å². The van der Waals surface area contributed by atoms with E-state index in [1.165, 1.54) is 0 Å². The molecule has 0 radical (unpaired) electrons. The fourth-order valence-corrected chi connectivity index (χ4v) is 7.98. The normalized spacial score (nSPS) is 13.4. The van der Waals surface area contributed by atoms with Gasteiger partial charge in [-0.25, -0.2) is 15.0 Å². The molecule has 0 fully saturated rings. The molecule has 1 aliphatic heterocycles. The third kappa shape index (κ3) is 5.85. The van der Waals surface area contributed by atoms with E-state index in [4.69, 9.17) is 33.9 Å². The number of thiophene rings is 2. The van der Waals surface area contributed by atoms with Crippen molar-refractivity contribution in [1.29, 1.82) is 0 Å². The molecule has 0 amide bonds. The maximum absolute atomic E-state index is 5.77. The number of aliphatic imine (C=N–C) groups is 2. The maximum atomic E-state index is 5.77. The number of rotatable bonds is 11. The van der Waals surface area contributed by atoms with Crippen LogP contribution in [0.15, 0.2) is 142 Å². The van der Waals surface area contributed by atoms with Gasteiger partial charge in [0, 0.05) is 22.3 Å². The summed E-state index contributed by atoms with van der Waals surface area (Å²) in [4.78, 5) is 18.8. The van der Waals surface area contributed by atoms with Gasteiger partial charge in [-0.2, -0.15) is 0 Å². The Kier molecular flexibility index (Phi) is 8.92. The minimum atomic E-state index is -1.31. The second-order valence-electron chi connectivity index (χ2n) is 11.9. The molecular weight excluding hydrogens is 689 g/mol. The summed E-state index contributed by atoms with van der Waals surface area (Å²) in [5, 5.41) is 4.12. The highest BCUT2D eigenvalue weighted by Crippen LogP contribution is 2.48. The molecule has 4 aromatic carbocycles. The average Bonchev–Trinajstić information content (AvgIpc) is 4.04. The molecule has 0 spiro atoms. The zero-order valence-electron chi connectivity index (χ0n) is 28.9. The summed E-state index contributed by atoms with van der Waals surface area (Å²) >= 11 is 3.22. The summed E-state index contributed by atoms with van der Waals surface area (Å²) in [6.45, 7) is 0. The van der Waals surface area contributed by atoms with Crippen LogP contribution in [0.5, 0.6) is 23.0 Å². The van der Waals surface area contributed by atoms with Crippen molar-refractivity contribution in [2.75, 3.05) is 28.4 Å². The van der Waals surface area contributed by atoms with Gasteiger partial charge in [0.05, 0.1) is 61.0 Å². The van der Waals surface area contributed by atoms with E-state index in [0.29, 0.717) is 11.4 Å². The Labute approximate surface area is 309 Å². The third-order valence-electron chi connectivity index (χ3n) is 8.91. The molecule has 3 aromatic heterocycles. The molecule has 0 aliphatic carbocycles. The lowest BCUT2D eigenvalue weighted by Gasteiger charge is -2.28. The van der Waals surface area contributed by atoms with Crippen molar-refractivity contribution < 1.29 is 18.9 Å². The van der Waals surface area contributed by atoms with Crippen molar-refractivity contribution in [1.82, 2.24) is 9.55 Å². The molecule has 0 bridgehead atoms. The van der Waals surface area contributed by atoms with Gasteiger partial charge in [0.2, 0.25) is 0 Å². The molecular formula is C42H34N4O4S2. The number of imidazole rings is 1. The molecule has 8 nitrogen and oxygen atoms in total. The average molecular weight is 723 g/mol. The van der Waals surface area contributed by atoms with Crippen LogP contribution in [-0.4, -0.2) is 49.4 Å². The number of hydrogen-bond donors (Lipinski definition) is 0. The minimum Gasteiger partial charge on any atom is -0.497 e. The van der Waals surface area contributed by atoms with Gasteiger partial charge in [0.1, 0.15) is 23.0 Å². The summed E-state index contributed by atoms with van der Waals surface area (Å²) in [5.41, 5.74) is 6.54.